The molecule has 1 atom stereocenters. The minimum Gasteiger partial charge on any atom is -0.497 e. The molecule has 5 rings (SSSR count). The van der Waals surface area contributed by atoms with Gasteiger partial charge in [0.25, 0.3) is 0 Å². The molecule has 3 saturated heterocycles. The van der Waals surface area contributed by atoms with Crippen LogP contribution < -0.4 is 9.64 Å². The standard InChI is InChI=1S/C34H45N3O5/c1-34(2,3)42-33(40)36-20-16-26(17-21-36)25-14-18-35(19-15-25)28-7-5-6-27(22-28)30-12-13-31(38)37(32(30)39)23-24-8-10-29(41-4)11-9-24/h5-11,22,25-26,30H,12-21,23H2,1-4H3/t30-/m1/s1. The molecule has 226 valence electrons. The average molecular weight is 576 g/mol. The van der Waals surface area contributed by atoms with Gasteiger partial charge in [-0.2, -0.15) is 0 Å². The second-order valence-electron chi connectivity index (χ2n) is 13.0. The van der Waals surface area contributed by atoms with E-state index in [9.17, 15) is 14.4 Å². The smallest absolute Gasteiger partial charge is 0.410 e. The summed E-state index contributed by atoms with van der Waals surface area (Å²) in [4.78, 5) is 44.4. The lowest BCUT2D eigenvalue weighted by atomic mass is 9.78. The number of carbonyl (C=O) groups is 3. The van der Waals surface area contributed by atoms with Crippen molar-refractivity contribution in [1.82, 2.24) is 9.80 Å². The van der Waals surface area contributed by atoms with Gasteiger partial charge in [0.15, 0.2) is 0 Å². The maximum Gasteiger partial charge on any atom is 0.410 e. The first-order chi connectivity index (χ1) is 20.1. The normalized spacial score (nSPS) is 21.0. The quantitative estimate of drug-likeness (QED) is 0.394. The lowest BCUT2D eigenvalue weighted by molar-refractivity contribution is -0.150. The summed E-state index contributed by atoms with van der Waals surface area (Å²) in [5.41, 5.74) is 2.58. The van der Waals surface area contributed by atoms with Crippen LogP contribution in [0.15, 0.2) is 48.5 Å². The summed E-state index contributed by atoms with van der Waals surface area (Å²) in [6.07, 6.45) is 5.06. The fourth-order valence-corrected chi connectivity index (χ4v) is 6.67. The van der Waals surface area contributed by atoms with Crippen molar-refractivity contribution in [2.24, 2.45) is 11.8 Å². The molecule has 3 aliphatic rings. The second-order valence-corrected chi connectivity index (χ2v) is 13.0. The molecular weight excluding hydrogens is 530 g/mol. The fraction of sp³-hybridized carbons (Fsp3) is 0.559. The number of imide groups is 1. The van der Waals surface area contributed by atoms with Crippen LogP contribution in [0.3, 0.4) is 0 Å². The predicted molar refractivity (Wildman–Crippen MR) is 162 cm³/mol. The topological polar surface area (TPSA) is 79.4 Å². The molecule has 3 amide bonds. The highest BCUT2D eigenvalue weighted by molar-refractivity contribution is 6.01. The second kappa shape index (κ2) is 12.8. The molecule has 0 radical (unpaired) electrons. The molecule has 0 aromatic heterocycles. The van der Waals surface area contributed by atoms with Crippen LogP contribution in [0.5, 0.6) is 5.75 Å². The van der Waals surface area contributed by atoms with Crippen LogP contribution in [-0.2, 0) is 20.9 Å². The molecule has 2 aromatic carbocycles. The highest BCUT2D eigenvalue weighted by atomic mass is 16.6. The van der Waals surface area contributed by atoms with E-state index in [0.29, 0.717) is 24.7 Å². The number of rotatable bonds is 6. The van der Waals surface area contributed by atoms with Gasteiger partial charge in [-0.05, 0) is 100 Å². The molecule has 0 bridgehead atoms. The number of nitrogens with zero attached hydrogens (tertiary/aromatic N) is 3. The third-order valence-corrected chi connectivity index (χ3v) is 9.05. The Kier molecular flexibility index (Phi) is 9.09. The molecular formula is C34H45N3O5. The van der Waals surface area contributed by atoms with Gasteiger partial charge in [-0.25, -0.2) is 4.79 Å². The summed E-state index contributed by atoms with van der Waals surface area (Å²) < 4.78 is 10.8. The third-order valence-electron chi connectivity index (χ3n) is 9.05. The zero-order valence-electron chi connectivity index (χ0n) is 25.5. The largest absolute Gasteiger partial charge is 0.497 e. The van der Waals surface area contributed by atoms with Gasteiger partial charge >= 0.3 is 6.09 Å². The summed E-state index contributed by atoms with van der Waals surface area (Å²) in [5, 5.41) is 0. The van der Waals surface area contributed by atoms with Gasteiger partial charge < -0.3 is 19.3 Å². The van der Waals surface area contributed by atoms with Gasteiger partial charge in [0.05, 0.1) is 19.6 Å². The first-order valence-electron chi connectivity index (χ1n) is 15.4. The molecule has 3 fully saturated rings. The van der Waals surface area contributed by atoms with E-state index in [1.807, 2.05) is 62.1 Å². The van der Waals surface area contributed by atoms with Crippen molar-refractivity contribution in [3.8, 4) is 5.75 Å². The molecule has 0 aliphatic carbocycles. The van der Waals surface area contributed by atoms with Crippen molar-refractivity contribution >= 4 is 23.6 Å². The molecule has 0 N–H and O–H groups in total. The number of carbonyl (C=O) groups excluding carboxylic acids is 3. The fourth-order valence-electron chi connectivity index (χ4n) is 6.67. The first-order valence-corrected chi connectivity index (χ1v) is 15.4. The van der Waals surface area contributed by atoms with E-state index in [-0.39, 0.29) is 30.4 Å². The Balaban J connectivity index is 1.16. The summed E-state index contributed by atoms with van der Waals surface area (Å²) >= 11 is 0. The minimum absolute atomic E-state index is 0.109. The lowest BCUT2D eigenvalue weighted by Gasteiger charge is -2.41. The number of anilines is 1. The number of amides is 3. The zero-order chi connectivity index (χ0) is 29.9. The Labute approximate surface area is 249 Å². The molecule has 0 saturated carbocycles. The van der Waals surface area contributed by atoms with Gasteiger partial charge in [0, 0.05) is 38.3 Å². The van der Waals surface area contributed by atoms with E-state index in [1.54, 1.807) is 7.11 Å². The maximum atomic E-state index is 13.5. The number of methoxy groups -OCH3 is 1. The van der Waals surface area contributed by atoms with Crippen LogP contribution in [-0.4, -0.2) is 66.6 Å². The summed E-state index contributed by atoms with van der Waals surface area (Å²) in [5.74, 6) is 1.53. The van der Waals surface area contributed by atoms with E-state index >= 15 is 0 Å². The number of likely N-dealkylation sites (tertiary alicyclic amines) is 2. The number of hydrogen-bond acceptors (Lipinski definition) is 6. The Bertz CT molecular complexity index is 1250. The lowest BCUT2D eigenvalue weighted by Crippen LogP contribution is -2.44. The first kappa shape index (κ1) is 29.9. The maximum absolute atomic E-state index is 13.5. The molecule has 3 heterocycles. The number of piperidine rings is 3. The summed E-state index contributed by atoms with van der Waals surface area (Å²) in [6, 6.07) is 15.9. The average Bonchev–Trinajstić information content (AvgIpc) is 2.99. The monoisotopic (exact) mass is 575 g/mol. The van der Waals surface area contributed by atoms with E-state index in [1.165, 1.54) is 4.90 Å². The van der Waals surface area contributed by atoms with Crippen LogP contribution >= 0.6 is 0 Å². The van der Waals surface area contributed by atoms with Gasteiger partial charge in [0.2, 0.25) is 11.8 Å². The van der Waals surface area contributed by atoms with Gasteiger partial charge in [-0.15, -0.1) is 0 Å². The van der Waals surface area contributed by atoms with Gasteiger partial charge in [0.1, 0.15) is 11.4 Å². The van der Waals surface area contributed by atoms with Crippen molar-refractivity contribution in [3.05, 3.63) is 59.7 Å². The van der Waals surface area contributed by atoms with Crippen molar-refractivity contribution in [3.63, 3.8) is 0 Å². The summed E-state index contributed by atoms with van der Waals surface area (Å²) in [7, 11) is 1.62. The van der Waals surface area contributed by atoms with Crippen molar-refractivity contribution in [1.29, 1.82) is 0 Å². The molecule has 42 heavy (non-hydrogen) atoms. The van der Waals surface area contributed by atoms with Crippen LogP contribution in [0.2, 0.25) is 0 Å². The SMILES string of the molecule is COc1ccc(CN2C(=O)CC[C@H](c3cccc(N4CCC(C5CCN(C(=O)OC(C)(C)C)CC5)CC4)c3)C2=O)cc1. The van der Waals surface area contributed by atoms with E-state index in [0.717, 1.165) is 74.4 Å². The molecule has 0 spiro atoms. The number of hydrogen-bond donors (Lipinski definition) is 0. The Morgan fingerprint density at radius 2 is 1.52 bits per heavy atom. The van der Waals surface area contributed by atoms with Crippen LogP contribution in [0.1, 0.15) is 76.3 Å². The Morgan fingerprint density at radius 3 is 2.14 bits per heavy atom. The zero-order valence-corrected chi connectivity index (χ0v) is 25.5. The number of benzene rings is 2. The Hall–Kier alpha value is -3.55. The molecule has 8 nitrogen and oxygen atoms in total. The van der Waals surface area contributed by atoms with Crippen molar-refractivity contribution in [2.75, 3.05) is 38.2 Å². The molecule has 2 aromatic rings. The van der Waals surface area contributed by atoms with Gasteiger partial charge in [-0.3, -0.25) is 14.5 Å². The van der Waals surface area contributed by atoms with Gasteiger partial charge in [-0.1, -0.05) is 24.3 Å². The molecule has 0 unspecified atom stereocenters. The Morgan fingerprint density at radius 1 is 0.881 bits per heavy atom. The minimum atomic E-state index is -0.462. The third kappa shape index (κ3) is 7.08. The van der Waals surface area contributed by atoms with Crippen LogP contribution in [0, 0.1) is 11.8 Å². The summed E-state index contributed by atoms with van der Waals surface area (Å²) in [6.45, 7) is 9.53. The van der Waals surface area contributed by atoms with Crippen LogP contribution in [0.4, 0.5) is 10.5 Å². The van der Waals surface area contributed by atoms with E-state index in [2.05, 4.69) is 17.0 Å². The van der Waals surface area contributed by atoms with Crippen molar-refractivity contribution < 1.29 is 23.9 Å². The number of ether oxygens (including phenoxy) is 2. The highest BCUT2D eigenvalue weighted by Gasteiger charge is 2.36. The predicted octanol–water partition coefficient (Wildman–Crippen LogP) is 5.99. The van der Waals surface area contributed by atoms with E-state index < -0.39 is 5.60 Å². The molecule has 8 heteroatoms. The highest BCUT2D eigenvalue weighted by Crippen LogP contribution is 2.36. The molecule has 3 aliphatic heterocycles. The van der Waals surface area contributed by atoms with E-state index in [4.69, 9.17) is 9.47 Å². The van der Waals surface area contributed by atoms with Crippen LogP contribution in [0.25, 0.3) is 0 Å². The van der Waals surface area contributed by atoms with Crippen molar-refractivity contribution in [2.45, 2.75) is 77.4 Å².